The fraction of sp³-hybridized carbons (Fsp3) is 0.438. The molecule has 2 rings (SSSR count). The summed E-state index contributed by atoms with van der Waals surface area (Å²) in [6, 6.07) is 5.51. The molecule has 21 heavy (non-hydrogen) atoms. The number of hydrogen-bond donors (Lipinski definition) is 2. The Hall–Kier alpha value is -2.17. The van der Waals surface area contributed by atoms with Gasteiger partial charge in [-0.25, -0.2) is 0 Å². The summed E-state index contributed by atoms with van der Waals surface area (Å²) in [4.78, 5) is 34.9. The van der Waals surface area contributed by atoms with Crippen molar-refractivity contribution in [3.05, 3.63) is 34.9 Å². The van der Waals surface area contributed by atoms with Crippen LogP contribution in [0.2, 0.25) is 0 Å². The summed E-state index contributed by atoms with van der Waals surface area (Å²) in [5.41, 5.74) is 7.52. The molecule has 1 aromatic carbocycles. The molecule has 0 atom stereocenters. The average Bonchev–Trinajstić information content (AvgIpc) is 3.29. The Morgan fingerprint density at radius 2 is 1.76 bits per heavy atom. The molecule has 0 aromatic heterocycles. The van der Waals surface area contributed by atoms with Gasteiger partial charge in [0.2, 0.25) is 11.8 Å². The van der Waals surface area contributed by atoms with Crippen LogP contribution in [0.25, 0.3) is 0 Å². The maximum absolute atomic E-state index is 12.0. The second-order valence-corrected chi connectivity index (χ2v) is 5.53. The van der Waals surface area contributed by atoms with Gasteiger partial charge < -0.3 is 0 Å². The normalized spacial score (nSPS) is 13.6. The van der Waals surface area contributed by atoms with Crippen molar-refractivity contribution in [2.45, 2.75) is 39.5 Å². The summed E-state index contributed by atoms with van der Waals surface area (Å²) < 4.78 is 0. The number of hydrogen-bond acceptors (Lipinski definition) is 3. The van der Waals surface area contributed by atoms with E-state index in [1.54, 1.807) is 6.07 Å². The van der Waals surface area contributed by atoms with Gasteiger partial charge in [0.15, 0.2) is 5.78 Å². The Kier molecular flexibility index (Phi) is 4.73. The first kappa shape index (κ1) is 15.2. The standard InChI is InChI=1S/C16H20N2O3/c1-10-3-4-13(9-11(10)2)14(19)7-8-15(20)17-18-16(21)12-5-6-12/h3-4,9,12H,5-8H2,1-2H3,(H,17,20)(H,18,21). The summed E-state index contributed by atoms with van der Waals surface area (Å²) in [6.45, 7) is 3.94. The molecule has 1 aromatic rings. The second kappa shape index (κ2) is 6.52. The van der Waals surface area contributed by atoms with Gasteiger partial charge in [-0.3, -0.25) is 25.2 Å². The lowest BCUT2D eigenvalue weighted by Crippen LogP contribution is -2.42. The van der Waals surface area contributed by atoms with Crippen molar-refractivity contribution in [3.63, 3.8) is 0 Å². The molecular formula is C16H20N2O3. The van der Waals surface area contributed by atoms with Crippen molar-refractivity contribution in [2.75, 3.05) is 0 Å². The minimum absolute atomic E-state index is 0.0439. The minimum Gasteiger partial charge on any atom is -0.294 e. The molecule has 2 amide bonds. The zero-order chi connectivity index (χ0) is 15.4. The predicted octanol–water partition coefficient (Wildman–Crippen LogP) is 1.82. The molecule has 1 aliphatic rings. The number of aryl methyl sites for hydroxylation is 2. The third kappa shape index (κ3) is 4.41. The first-order chi connectivity index (χ1) is 9.97. The Balaban J connectivity index is 1.75. The lowest BCUT2D eigenvalue weighted by atomic mass is 10.0. The largest absolute Gasteiger partial charge is 0.294 e. The van der Waals surface area contributed by atoms with Crippen LogP contribution < -0.4 is 10.9 Å². The van der Waals surface area contributed by atoms with E-state index in [1.807, 2.05) is 26.0 Å². The predicted molar refractivity (Wildman–Crippen MR) is 78.5 cm³/mol. The maximum Gasteiger partial charge on any atom is 0.241 e. The smallest absolute Gasteiger partial charge is 0.241 e. The van der Waals surface area contributed by atoms with Crippen LogP contribution >= 0.6 is 0 Å². The summed E-state index contributed by atoms with van der Waals surface area (Å²) >= 11 is 0. The van der Waals surface area contributed by atoms with Gasteiger partial charge in [0.1, 0.15) is 0 Å². The SMILES string of the molecule is Cc1ccc(C(=O)CCC(=O)NNC(=O)C2CC2)cc1C. The summed E-state index contributed by atoms with van der Waals surface area (Å²) in [7, 11) is 0. The van der Waals surface area contributed by atoms with E-state index in [-0.39, 0.29) is 36.4 Å². The van der Waals surface area contributed by atoms with Crippen molar-refractivity contribution in [1.82, 2.24) is 10.9 Å². The number of Topliss-reactive ketones (excluding diaryl/α,β-unsaturated/α-hetero) is 1. The van der Waals surface area contributed by atoms with E-state index in [9.17, 15) is 14.4 Å². The van der Waals surface area contributed by atoms with Gasteiger partial charge in [0, 0.05) is 24.3 Å². The van der Waals surface area contributed by atoms with E-state index < -0.39 is 0 Å². The fourth-order valence-corrected chi connectivity index (χ4v) is 1.93. The molecule has 112 valence electrons. The molecule has 5 heteroatoms. The number of carbonyl (C=O) groups excluding carboxylic acids is 3. The highest BCUT2D eigenvalue weighted by atomic mass is 16.2. The molecule has 0 spiro atoms. The van der Waals surface area contributed by atoms with Gasteiger partial charge >= 0.3 is 0 Å². The highest BCUT2D eigenvalue weighted by Crippen LogP contribution is 2.28. The van der Waals surface area contributed by atoms with Crippen LogP contribution in [0.5, 0.6) is 0 Å². The highest BCUT2D eigenvalue weighted by molar-refractivity contribution is 5.98. The number of ketones is 1. The van der Waals surface area contributed by atoms with Gasteiger partial charge in [-0.2, -0.15) is 0 Å². The molecule has 0 bridgehead atoms. The maximum atomic E-state index is 12.0. The number of benzene rings is 1. The van der Waals surface area contributed by atoms with Crippen LogP contribution in [-0.2, 0) is 9.59 Å². The third-order valence-electron chi connectivity index (χ3n) is 3.68. The number of amides is 2. The summed E-state index contributed by atoms with van der Waals surface area (Å²) in [6.07, 6.45) is 1.96. The second-order valence-electron chi connectivity index (χ2n) is 5.53. The molecule has 1 fully saturated rings. The van der Waals surface area contributed by atoms with Crippen LogP contribution in [0.4, 0.5) is 0 Å². The van der Waals surface area contributed by atoms with E-state index >= 15 is 0 Å². The van der Waals surface area contributed by atoms with Gasteiger partial charge in [0.05, 0.1) is 0 Å². The minimum atomic E-state index is -0.346. The third-order valence-corrected chi connectivity index (χ3v) is 3.68. The zero-order valence-electron chi connectivity index (χ0n) is 12.4. The van der Waals surface area contributed by atoms with E-state index in [4.69, 9.17) is 0 Å². The van der Waals surface area contributed by atoms with Gasteiger partial charge in [-0.1, -0.05) is 12.1 Å². The Morgan fingerprint density at radius 1 is 1.05 bits per heavy atom. The van der Waals surface area contributed by atoms with Crippen molar-refractivity contribution < 1.29 is 14.4 Å². The van der Waals surface area contributed by atoms with E-state index in [0.717, 1.165) is 24.0 Å². The molecule has 0 heterocycles. The first-order valence-corrected chi connectivity index (χ1v) is 7.16. The molecule has 1 saturated carbocycles. The molecule has 0 aliphatic heterocycles. The lowest BCUT2D eigenvalue weighted by molar-refractivity contribution is -0.129. The first-order valence-electron chi connectivity index (χ1n) is 7.16. The van der Waals surface area contributed by atoms with Gasteiger partial charge in [-0.15, -0.1) is 0 Å². The van der Waals surface area contributed by atoms with Crippen LogP contribution in [0.15, 0.2) is 18.2 Å². The Labute approximate surface area is 124 Å². The monoisotopic (exact) mass is 288 g/mol. The number of hydrazine groups is 1. The lowest BCUT2D eigenvalue weighted by Gasteiger charge is -2.07. The molecule has 1 aliphatic carbocycles. The molecule has 0 saturated heterocycles. The summed E-state index contributed by atoms with van der Waals surface area (Å²) in [5, 5.41) is 0. The number of nitrogens with one attached hydrogen (secondary N) is 2. The molecular weight excluding hydrogens is 268 g/mol. The molecule has 0 radical (unpaired) electrons. The zero-order valence-corrected chi connectivity index (χ0v) is 12.4. The van der Waals surface area contributed by atoms with Gasteiger partial charge in [0.25, 0.3) is 0 Å². The number of carbonyl (C=O) groups is 3. The van der Waals surface area contributed by atoms with Crippen molar-refractivity contribution >= 4 is 17.6 Å². The van der Waals surface area contributed by atoms with E-state index in [0.29, 0.717) is 5.56 Å². The highest BCUT2D eigenvalue weighted by Gasteiger charge is 2.29. The van der Waals surface area contributed by atoms with Crippen LogP contribution in [0, 0.1) is 19.8 Å². The van der Waals surface area contributed by atoms with Crippen molar-refractivity contribution in [1.29, 1.82) is 0 Å². The van der Waals surface area contributed by atoms with Crippen LogP contribution in [0.1, 0.15) is 47.2 Å². The Morgan fingerprint density at radius 3 is 2.38 bits per heavy atom. The molecule has 0 unspecified atom stereocenters. The Bertz CT molecular complexity index is 577. The topological polar surface area (TPSA) is 75.3 Å². The molecule has 2 N–H and O–H groups in total. The quantitative estimate of drug-likeness (QED) is 0.641. The molecule has 5 nitrogen and oxygen atoms in total. The fourth-order valence-electron chi connectivity index (χ4n) is 1.93. The van der Waals surface area contributed by atoms with E-state index in [1.165, 1.54) is 0 Å². The number of rotatable bonds is 5. The average molecular weight is 288 g/mol. The summed E-state index contributed by atoms with van der Waals surface area (Å²) in [5.74, 6) is -0.519. The van der Waals surface area contributed by atoms with Crippen molar-refractivity contribution in [3.8, 4) is 0 Å². The van der Waals surface area contributed by atoms with Crippen molar-refractivity contribution in [2.24, 2.45) is 5.92 Å². The van der Waals surface area contributed by atoms with Crippen LogP contribution in [0.3, 0.4) is 0 Å². The van der Waals surface area contributed by atoms with E-state index in [2.05, 4.69) is 10.9 Å². The van der Waals surface area contributed by atoms with Gasteiger partial charge in [-0.05, 0) is 43.9 Å². The van der Waals surface area contributed by atoms with Crippen LogP contribution in [-0.4, -0.2) is 17.6 Å².